The number of barbiturate groups is 1. The fourth-order valence-corrected chi connectivity index (χ4v) is 3.55. The van der Waals surface area contributed by atoms with Gasteiger partial charge >= 0.3 is 6.03 Å². The lowest BCUT2D eigenvalue weighted by atomic mass is 10.1. The lowest BCUT2D eigenvalue weighted by Crippen LogP contribution is -2.54. The summed E-state index contributed by atoms with van der Waals surface area (Å²) in [5, 5.41) is 15.8. The molecule has 0 bridgehead atoms. The maximum atomic E-state index is 13.0. The number of imide groups is 2. The van der Waals surface area contributed by atoms with Crippen LogP contribution < -0.4 is 25.0 Å². The van der Waals surface area contributed by atoms with E-state index >= 15 is 0 Å². The fraction of sp³-hybridized carbons (Fsp3) is 0.0769. The molecule has 12 heteroatoms. The number of para-hydroxylation sites is 2. The quantitative estimate of drug-likeness (QED) is 0.200. The Balaban J connectivity index is 1.45. The number of non-ortho nitro benzene ring substituents is 1. The summed E-state index contributed by atoms with van der Waals surface area (Å²) in [5.41, 5.74) is 0.204. The Morgan fingerprint density at radius 1 is 1.05 bits per heavy atom. The lowest BCUT2D eigenvalue weighted by Gasteiger charge is -2.26. The molecule has 0 aliphatic carbocycles. The summed E-state index contributed by atoms with van der Waals surface area (Å²) in [4.78, 5) is 61.0. The molecule has 1 saturated heterocycles. The van der Waals surface area contributed by atoms with Crippen LogP contribution in [-0.4, -0.2) is 42.4 Å². The molecule has 1 aliphatic heterocycles. The van der Waals surface area contributed by atoms with Gasteiger partial charge in [0.15, 0.2) is 6.61 Å². The molecule has 3 aromatic rings. The van der Waals surface area contributed by atoms with E-state index in [-0.39, 0.29) is 23.6 Å². The third kappa shape index (κ3) is 5.65. The van der Waals surface area contributed by atoms with Crippen LogP contribution in [0.25, 0.3) is 6.08 Å². The third-order valence-corrected chi connectivity index (χ3v) is 5.34. The smallest absolute Gasteiger partial charge is 0.335 e. The molecule has 0 aromatic heterocycles. The molecule has 0 unspecified atom stereocenters. The second kappa shape index (κ2) is 11.0. The van der Waals surface area contributed by atoms with E-state index in [9.17, 15) is 29.3 Å². The summed E-state index contributed by atoms with van der Waals surface area (Å²) in [6, 6.07) is 17.0. The molecular formula is C26H20N4O8. The van der Waals surface area contributed by atoms with Crippen LogP contribution in [0.1, 0.15) is 5.56 Å². The molecule has 192 valence electrons. The Kier molecular flexibility index (Phi) is 7.43. The molecule has 5 amide bonds. The molecule has 0 saturated carbocycles. The van der Waals surface area contributed by atoms with Gasteiger partial charge < -0.3 is 14.8 Å². The number of nitro benzene ring substituents is 1. The van der Waals surface area contributed by atoms with Crippen molar-refractivity contribution < 1.29 is 33.6 Å². The first-order valence-electron chi connectivity index (χ1n) is 11.1. The maximum absolute atomic E-state index is 13.0. The average Bonchev–Trinajstić information content (AvgIpc) is 2.91. The van der Waals surface area contributed by atoms with E-state index in [1.54, 1.807) is 36.4 Å². The van der Waals surface area contributed by atoms with Crippen molar-refractivity contribution >= 4 is 46.9 Å². The number of nitro groups is 1. The van der Waals surface area contributed by atoms with Crippen molar-refractivity contribution in [2.24, 2.45) is 0 Å². The maximum Gasteiger partial charge on any atom is 0.335 e. The van der Waals surface area contributed by atoms with E-state index in [2.05, 4.69) is 10.6 Å². The second-order valence-corrected chi connectivity index (χ2v) is 7.84. The third-order valence-electron chi connectivity index (χ3n) is 5.34. The topological polar surface area (TPSA) is 157 Å². The van der Waals surface area contributed by atoms with Gasteiger partial charge in [0.25, 0.3) is 23.4 Å². The Hall–Kier alpha value is -5.52. The number of methoxy groups -OCH3 is 1. The molecule has 1 heterocycles. The van der Waals surface area contributed by atoms with Gasteiger partial charge in [-0.25, -0.2) is 9.69 Å². The first-order valence-corrected chi connectivity index (χ1v) is 11.1. The van der Waals surface area contributed by atoms with Gasteiger partial charge in [0.05, 0.1) is 23.4 Å². The molecule has 12 nitrogen and oxygen atoms in total. The number of urea groups is 1. The first-order chi connectivity index (χ1) is 18.3. The minimum Gasteiger partial charge on any atom is -0.495 e. The first kappa shape index (κ1) is 25.6. The number of rotatable bonds is 8. The zero-order chi connectivity index (χ0) is 27.2. The summed E-state index contributed by atoms with van der Waals surface area (Å²) in [7, 11) is 1.49. The highest BCUT2D eigenvalue weighted by atomic mass is 16.6. The number of hydrogen-bond acceptors (Lipinski definition) is 8. The predicted molar refractivity (Wildman–Crippen MR) is 136 cm³/mol. The van der Waals surface area contributed by atoms with Crippen molar-refractivity contribution in [3.63, 3.8) is 0 Å². The molecule has 1 aliphatic rings. The SMILES string of the molecule is COc1ccccc1NC(=O)COc1ccc(/C=C2/C(=O)NC(=O)N(c3cccc([N+](=O)[O-])c3)C2=O)cc1. The highest BCUT2D eigenvalue weighted by Gasteiger charge is 2.37. The largest absolute Gasteiger partial charge is 0.495 e. The number of hydrogen-bond donors (Lipinski definition) is 2. The molecule has 0 atom stereocenters. The van der Waals surface area contributed by atoms with E-state index in [4.69, 9.17) is 9.47 Å². The Morgan fingerprint density at radius 2 is 1.79 bits per heavy atom. The highest BCUT2D eigenvalue weighted by Crippen LogP contribution is 2.26. The lowest BCUT2D eigenvalue weighted by molar-refractivity contribution is -0.384. The number of ether oxygens (including phenoxy) is 2. The minimum absolute atomic E-state index is 0.0600. The molecule has 38 heavy (non-hydrogen) atoms. The van der Waals surface area contributed by atoms with E-state index in [1.165, 1.54) is 43.5 Å². The summed E-state index contributed by atoms with van der Waals surface area (Å²) in [5.74, 6) is -1.39. The summed E-state index contributed by atoms with van der Waals surface area (Å²) in [6.07, 6.45) is 1.27. The molecular weight excluding hydrogens is 496 g/mol. The van der Waals surface area contributed by atoms with Crippen molar-refractivity contribution in [3.8, 4) is 11.5 Å². The summed E-state index contributed by atoms with van der Waals surface area (Å²) < 4.78 is 10.7. The average molecular weight is 516 g/mol. The van der Waals surface area contributed by atoms with Crippen LogP contribution in [0, 0.1) is 10.1 Å². The summed E-state index contributed by atoms with van der Waals surface area (Å²) >= 11 is 0. The number of carbonyl (C=O) groups excluding carboxylic acids is 4. The van der Waals surface area contributed by atoms with E-state index in [0.717, 1.165) is 6.07 Å². The van der Waals surface area contributed by atoms with Crippen LogP contribution in [0.15, 0.2) is 78.4 Å². The van der Waals surface area contributed by atoms with Crippen LogP contribution in [0.5, 0.6) is 11.5 Å². The van der Waals surface area contributed by atoms with Crippen molar-refractivity contribution in [2.45, 2.75) is 0 Å². The van der Waals surface area contributed by atoms with E-state index < -0.39 is 28.7 Å². The number of anilines is 2. The van der Waals surface area contributed by atoms with E-state index in [0.29, 0.717) is 27.6 Å². The van der Waals surface area contributed by atoms with Gasteiger partial charge in [0.1, 0.15) is 17.1 Å². The van der Waals surface area contributed by atoms with Crippen LogP contribution in [0.2, 0.25) is 0 Å². The van der Waals surface area contributed by atoms with Gasteiger partial charge in [0.2, 0.25) is 0 Å². The van der Waals surface area contributed by atoms with Crippen molar-refractivity contribution in [2.75, 3.05) is 23.9 Å². The number of nitrogens with one attached hydrogen (secondary N) is 2. The zero-order valence-electron chi connectivity index (χ0n) is 19.9. The number of nitrogens with zero attached hydrogens (tertiary/aromatic N) is 2. The number of amides is 5. The molecule has 4 rings (SSSR count). The highest BCUT2D eigenvalue weighted by molar-refractivity contribution is 6.39. The van der Waals surface area contributed by atoms with Crippen LogP contribution in [0.3, 0.4) is 0 Å². The van der Waals surface area contributed by atoms with E-state index in [1.807, 2.05) is 0 Å². The summed E-state index contributed by atoms with van der Waals surface area (Å²) in [6.45, 7) is -0.278. The van der Waals surface area contributed by atoms with Crippen LogP contribution >= 0.6 is 0 Å². The molecule has 2 N–H and O–H groups in total. The van der Waals surface area contributed by atoms with Crippen molar-refractivity contribution in [1.29, 1.82) is 0 Å². The van der Waals surface area contributed by atoms with Gasteiger partial charge in [-0.05, 0) is 42.0 Å². The Morgan fingerprint density at radius 3 is 2.50 bits per heavy atom. The predicted octanol–water partition coefficient (Wildman–Crippen LogP) is 3.29. The Labute approximate surface area is 215 Å². The molecule has 3 aromatic carbocycles. The van der Waals surface area contributed by atoms with Crippen LogP contribution in [-0.2, 0) is 14.4 Å². The molecule has 0 radical (unpaired) electrons. The van der Waals surface area contributed by atoms with Gasteiger partial charge in [0, 0.05) is 12.1 Å². The number of benzene rings is 3. The molecule has 0 spiro atoms. The fourth-order valence-electron chi connectivity index (χ4n) is 3.55. The molecule has 1 fully saturated rings. The number of carbonyl (C=O) groups is 4. The van der Waals surface area contributed by atoms with Crippen molar-refractivity contribution in [1.82, 2.24) is 5.32 Å². The monoisotopic (exact) mass is 516 g/mol. The zero-order valence-corrected chi connectivity index (χ0v) is 19.9. The standard InChI is InChI=1S/C26H20N4O8/c1-37-22-8-3-2-7-21(22)27-23(31)15-38-19-11-9-16(10-12-19)13-20-24(32)28-26(34)29(25(20)33)17-5-4-6-18(14-17)30(35)36/h2-14H,15H2,1H3,(H,27,31)(H,28,32,34)/b20-13-. The van der Waals surface area contributed by atoms with Crippen LogP contribution in [0.4, 0.5) is 21.9 Å². The van der Waals surface area contributed by atoms with Gasteiger partial charge in [-0.2, -0.15) is 0 Å². The van der Waals surface area contributed by atoms with Crippen molar-refractivity contribution in [3.05, 3.63) is 94.0 Å². The Bertz CT molecular complexity index is 1470. The normalized spacial score (nSPS) is 14.2. The van der Waals surface area contributed by atoms with Gasteiger partial charge in [-0.3, -0.25) is 29.8 Å². The van der Waals surface area contributed by atoms with Gasteiger partial charge in [-0.1, -0.05) is 30.3 Å². The van der Waals surface area contributed by atoms with Gasteiger partial charge in [-0.15, -0.1) is 0 Å². The minimum atomic E-state index is -1.02. The second-order valence-electron chi connectivity index (χ2n) is 7.84.